The minimum absolute atomic E-state index is 0. The Hall–Kier alpha value is -8.66. The summed E-state index contributed by atoms with van der Waals surface area (Å²) >= 11 is 0. The third kappa shape index (κ3) is 10.2. The Labute approximate surface area is 453 Å². The van der Waals surface area contributed by atoms with Gasteiger partial charge in [0.1, 0.15) is 0 Å². The zero-order valence-electron chi connectivity index (χ0n) is 41.8. The quantitative estimate of drug-likeness (QED) is 0.128. The average Bonchev–Trinajstić information content (AvgIpc) is 3.47. The summed E-state index contributed by atoms with van der Waals surface area (Å²) in [7, 11) is 0. The van der Waals surface area contributed by atoms with Crippen LogP contribution >= 0.6 is 0 Å². The van der Waals surface area contributed by atoms with Gasteiger partial charge in [0, 0.05) is 12.4 Å². The van der Waals surface area contributed by atoms with Crippen molar-refractivity contribution < 1.29 is 20.1 Å². The van der Waals surface area contributed by atoms with E-state index < -0.39 is 0 Å². The monoisotopic (exact) mass is 1140 g/mol. The first-order chi connectivity index (χ1) is 36.3. The van der Waals surface area contributed by atoms with Gasteiger partial charge in [-0.05, 0) is 114 Å². The van der Waals surface area contributed by atoms with Crippen LogP contribution in [0.25, 0.3) is 123 Å². The van der Waals surface area contributed by atoms with Crippen molar-refractivity contribution in [3.63, 3.8) is 0 Å². The molecule has 9 aromatic carbocycles. The van der Waals surface area contributed by atoms with Crippen LogP contribution in [0.1, 0.15) is 26.3 Å². The van der Waals surface area contributed by atoms with Crippen molar-refractivity contribution >= 4 is 10.9 Å². The fourth-order valence-corrected chi connectivity index (χ4v) is 9.96. The number of hydrogen-bond donors (Lipinski definition) is 0. The molecular weight excluding hydrogens is 1090 g/mol. The van der Waals surface area contributed by atoms with Crippen molar-refractivity contribution in [1.82, 2.24) is 15.0 Å². The largest absolute Gasteiger partial charge is 3.00 e. The zero-order chi connectivity index (χ0) is 50.0. The molecule has 0 spiro atoms. The maximum atomic E-state index is 4.97. The van der Waals surface area contributed by atoms with Gasteiger partial charge in [-0.2, -0.15) is 0 Å². The summed E-state index contributed by atoms with van der Waals surface area (Å²) in [4.78, 5) is 14.5. The predicted molar refractivity (Wildman–Crippen MR) is 307 cm³/mol. The standard InChI is InChI=1S/C71H50N3.Ir/c1-71(2,3)60-40-42-73-70(47-60)55-35-29-51(30-36-55)63-20-10-13-23-66(63)59-44-57(64-21-11-8-18-61(64)49-25-31-53(32-26-49)68-38-37-52-17-7-14-24-67(52)74-68)43-58(45-59)65-22-12-9-19-62(65)50-27-33-54(34-28-50)69-46-56(39-41-72-69)48-15-5-4-6-16-48;/h4-31,33,35,37-47H,1-3H3;/q-3;+3. The van der Waals surface area contributed by atoms with E-state index in [0.717, 1.165) is 123 Å². The summed E-state index contributed by atoms with van der Waals surface area (Å²) in [6, 6.07) is 94.6. The number of rotatable bonds is 10. The number of benzene rings is 9. The molecule has 0 bridgehead atoms. The number of para-hydroxylation sites is 1. The van der Waals surface area contributed by atoms with E-state index in [1.807, 2.05) is 30.6 Å². The second kappa shape index (κ2) is 21.1. The molecule has 0 atom stereocenters. The van der Waals surface area contributed by atoms with E-state index in [9.17, 15) is 0 Å². The van der Waals surface area contributed by atoms with Gasteiger partial charge >= 0.3 is 20.1 Å². The van der Waals surface area contributed by atoms with Gasteiger partial charge in [0.15, 0.2) is 0 Å². The van der Waals surface area contributed by atoms with E-state index in [1.54, 1.807) is 0 Å². The van der Waals surface area contributed by atoms with Gasteiger partial charge in [0.25, 0.3) is 0 Å². The predicted octanol–water partition coefficient (Wildman–Crippen LogP) is 18.4. The fourth-order valence-electron chi connectivity index (χ4n) is 9.96. The van der Waals surface area contributed by atoms with Crippen molar-refractivity contribution in [2.75, 3.05) is 0 Å². The SMILES string of the molecule is CC(C)(C)c1ccnc(-c2[c-]cc(-c3ccccc3-c3cc(-c4ccccc4-c4c[c-]c(-c5cc(-c6ccccc6)ccn5)cc4)cc(-c4ccccc4-c4c[c-]c(-c5ccc6ccccc6n5)cc4)c3)cc2)c1.[Ir+3]. The molecule has 12 aromatic rings. The molecule has 0 radical (unpaired) electrons. The Kier molecular flexibility index (Phi) is 13.6. The van der Waals surface area contributed by atoms with E-state index in [1.165, 1.54) is 5.56 Å². The van der Waals surface area contributed by atoms with Crippen LogP contribution in [0.15, 0.2) is 249 Å². The third-order valence-corrected chi connectivity index (χ3v) is 13.9. The Bertz CT molecular complexity index is 3970. The fraction of sp³-hybridized carbons (Fsp3) is 0.0563. The Morgan fingerprint density at radius 1 is 0.320 bits per heavy atom. The molecule has 3 heterocycles. The van der Waals surface area contributed by atoms with Crippen LogP contribution in [0.4, 0.5) is 0 Å². The molecule has 12 rings (SSSR count). The Balaban J connectivity index is 0.00000602. The van der Waals surface area contributed by atoms with Gasteiger partial charge in [0.05, 0.1) is 5.52 Å². The van der Waals surface area contributed by atoms with Crippen LogP contribution in [0, 0.1) is 18.2 Å². The molecule has 0 aliphatic rings. The van der Waals surface area contributed by atoms with E-state index in [-0.39, 0.29) is 25.5 Å². The first-order valence-electron chi connectivity index (χ1n) is 25.1. The van der Waals surface area contributed by atoms with Gasteiger partial charge < -0.3 is 9.97 Å². The van der Waals surface area contributed by atoms with Gasteiger partial charge in [-0.3, -0.25) is 4.98 Å². The molecule has 0 N–H and O–H groups in total. The smallest absolute Gasteiger partial charge is 0.305 e. The van der Waals surface area contributed by atoms with E-state index >= 15 is 0 Å². The molecule has 358 valence electrons. The molecule has 0 fully saturated rings. The first-order valence-corrected chi connectivity index (χ1v) is 25.1. The molecule has 75 heavy (non-hydrogen) atoms. The van der Waals surface area contributed by atoms with Crippen molar-refractivity contribution in [3.8, 4) is 112 Å². The summed E-state index contributed by atoms with van der Waals surface area (Å²) in [6.07, 6.45) is 3.78. The normalized spacial score (nSPS) is 11.3. The van der Waals surface area contributed by atoms with Crippen LogP contribution in [-0.2, 0) is 25.5 Å². The van der Waals surface area contributed by atoms with Crippen LogP contribution in [0.2, 0.25) is 0 Å². The van der Waals surface area contributed by atoms with Crippen LogP contribution in [0.5, 0.6) is 0 Å². The summed E-state index contributed by atoms with van der Waals surface area (Å²) < 4.78 is 0. The summed E-state index contributed by atoms with van der Waals surface area (Å²) in [5.74, 6) is 0. The van der Waals surface area contributed by atoms with Crippen molar-refractivity contribution in [2.24, 2.45) is 0 Å². The molecule has 3 aromatic heterocycles. The molecule has 0 saturated heterocycles. The number of aromatic nitrogens is 3. The van der Waals surface area contributed by atoms with Gasteiger partial charge in [-0.15, -0.1) is 89.5 Å². The molecule has 0 aliphatic heterocycles. The maximum absolute atomic E-state index is 4.97. The number of fused-ring (bicyclic) bond motifs is 1. The van der Waals surface area contributed by atoms with Gasteiger partial charge in [-0.25, -0.2) is 0 Å². The number of pyridine rings is 3. The van der Waals surface area contributed by atoms with Crippen molar-refractivity contribution in [3.05, 3.63) is 273 Å². The summed E-state index contributed by atoms with van der Waals surface area (Å²) in [6.45, 7) is 6.69. The number of nitrogens with zero attached hydrogens (tertiary/aromatic N) is 3. The third-order valence-electron chi connectivity index (χ3n) is 13.9. The molecule has 4 heteroatoms. The number of hydrogen-bond acceptors (Lipinski definition) is 3. The minimum Gasteiger partial charge on any atom is -0.305 e. The first kappa shape index (κ1) is 48.6. The van der Waals surface area contributed by atoms with Gasteiger partial charge in [-0.1, -0.05) is 200 Å². The van der Waals surface area contributed by atoms with Crippen LogP contribution in [-0.4, -0.2) is 15.0 Å². The molecule has 3 nitrogen and oxygen atoms in total. The molecule has 0 saturated carbocycles. The van der Waals surface area contributed by atoms with E-state index in [4.69, 9.17) is 15.0 Å². The van der Waals surface area contributed by atoms with E-state index in [0.29, 0.717) is 0 Å². The van der Waals surface area contributed by atoms with Crippen molar-refractivity contribution in [1.29, 1.82) is 0 Å². The Morgan fingerprint density at radius 3 is 1.23 bits per heavy atom. The van der Waals surface area contributed by atoms with Crippen LogP contribution < -0.4 is 0 Å². The van der Waals surface area contributed by atoms with Crippen LogP contribution in [0.3, 0.4) is 0 Å². The molecule has 0 unspecified atom stereocenters. The summed E-state index contributed by atoms with van der Waals surface area (Å²) in [5.41, 5.74) is 23.4. The molecule has 0 amide bonds. The minimum atomic E-state index is 0. The van der Waals surface area contributed by atoms with E-state index in [2.05, 4.69) is 257 Å². The second-order valence-electron chi connectivity index (χ2n) is 19.8. The van der Waals surface area contributed by atoms with Crippen molar-refractivity contribution in [2.45, 2.75) is 26.2 Å². The Morgan fingerprint density at radius 2 is 0.747 bits per heavy atom. The maximum Gasteiger partial charge on any atom is 3.00 e. The van der Waals surface area contributed by atoms with Gasteiger partial charge in [0.2, 0.25) is 0 Å². The average molecular weight is 1140 g/mol. The molecule has 0 aliphatic carbocycles. The topological polar surface area (TPSA) is 38.7 Å². The second-order valence-corrected chi connectivity index (χ2v) is 19.8. The molecular formula is C71H50IrN3. The zero-order valence-corrected chi connectivity index (χ0v) is 44.2. The summed E-state index contributed by atoms with van der Waals surface area (Å²) in [5, 5.41) is 1.12.